The monoisotopic (exact) mass is 265 g/mol. The van der Waals surface area contributed by atoms with Crippen molar-refractivity contribution in [2.75, 3.05) is 14.2 Å². The van der Waals surface area contributed by atoms with E-state index in [1.807, 2.05) is 19.2 Å². The van der Waals surface area contributed by atoms with E-state index in [-0.39, 0.29) is 17.5 Å². The number of ether oxygens (including phenoxy) is 1. The van der Waals surface area contributed by atoms with E-state index >= 15 is 0 Å². The Labute approximate surface area is 115 Å². The second-order valence-electron chi connectivity index (χ2n) is 5.72. The summed E-state index contributed by atoms with van der Waals surface area (Å²) in [5.41, 5.74) is 0.930. The fourth-order valence-corrected chi connectivity index (χ4v) is 3.25. The van der Waals surface area contributed by atoms with Gasteiger partial charge in [0, 0.05) is 7.11 Å². The minimum Gasteiger partial charge on any atom is -0.376 e. The highest BCUT2D eigenvalue weighted by atomic mass is 19.1. The third-order valence-corrected chi connectivity index (χ3v) is 4.55. The van der Waals surface area contributed by atoms with Crippen LogP contribution in [0.5, 0.6) is 0 Å². The van der Waals surface area contributed by atoms with Crippen LogP contribution in [-0.2, 0) is 4.74 Å². The molecule has 106 valence electrons. The summed E-state index contributed by atoms with van der Waals surface area (Å²) in [5.74, 6) is 0.580. The molecule has 0 amide bonds. The molecule has 19 heavy (non-hydrogen) atoms. The maximum Gasteiger partial charge on any atom is 0.123 e. The molecule has 1 N–H and O–H groups in total. The summed E-state index contributed by atoms with van der Waals surface area (Å²) in [5, 5.41) is 3.37. The summed E-state index contributed by atoms with van der Waals surface area (Å²) in [6.45, 7) is 2.30. The number of methoxy groups -OCH3 is 1. The Balaban J connectivity index is 2.25. The summed E-state index contributed by atoms with van der Waals surface area (Å²) in [6, 6.07) is 6.87. The first-order valence-electron chi connectivity index (χ1n) is 7.09. The van der Waals surface area contributed by atoms with Gasteiger partial charge in [0.05, 0.1) is 11.6 Å². The number of hydrogen-bond acceptors (Lipinski definition) is 2. The van der Waals surface area contributed by atoms with Gasteiger partial charge in [-0.05, 0) is 56.3 Å². The molecule has 1 aromatic rings. The van der Waals surface area contributed by atoms with E-state index in [1.54, 1.807) is 7.11 Å². The molecule has 0 radical (unpaired) electrons. The standard InChI is InChI=1S/C16H24FNO/c1-12-8-10-16(19-3,11-9-12)15(18-2)13-4-6-14(17)7-5-13/h4-7,12,15,18H,8-11H2,1-3H3. The maximum absolute atomic E-state index is 13.1. The largest absolute Gasteiger partial charge is 0.376 e. The van der Waals surface area contributed by atoms with Crippen molar-refractivity contribution in [3.05, 3.63) is 35.6 Å². The Morgan fingerprint density at radius 2 is 1.84 bits per heavy atom. The highest BCUT2D eigenvalue weighted by Gasteiger charge is 2.41. The van der Waals surface area contributed by atoms with E-state index < -0.39 is 0 Å². The zero-order valence-electron chi connectivity index (χ0n) is 12.1. The van der Waals surface area contributed by atoms with Gasteiger partial charge in [-0.1, -0.05) is 19.1 Å². The molecule has 1 aliphatic carbocycles. The Morgan fingerprint density at radius 1 is 1.26 bits per heavy atom. The molecule has 0 bridgehead atoms. The third kappa shape index (κ3) is 2.98. The lowest BCUT2D eigenvalue weighted by molar-refractivity contribution is -0.0745. The van der Waals surface area contributed by atoms with Crippen molar-refractivity contribution in [2.45, 2.75) is 44.2 Å². The third-order valence-electron chi connectivity index (χ3n) is 4.55. The summed E-state index contributed by atoms with van der Waals surface area (Å²) in [7, 11) is 3.75. The summed E-state index contributed by atoms with van der Waals surface area (Å²) in [6.07, 6.45) is 4.47. The van der Waals surface area contributed by atoms with Crippen molar-refractivity contribution in [3.63, 3.8) is 0 Å². The van der Waals surface area contributed by atoms with Crippen molar-refractivity contribution in [2.24, 2.45) is 5.92 Å². The first kappa shape index (κ1) is 14.5. The number of nitrogens with one attached hydrogen (secondary N) is 1. The number of hydrogen-bond donors (Lipinski definition) is 1. The van der Waals surface area contributed by atoms with Gasteiger partial charge in [-0.25, -0.2) is 4.39 Å². The van der Waals surface area contributed by atoms with Crippen LogP contribution in [-0.4, -0.2) is 19.8 Å². The minimum atomic E-state index is -0.192. The predicted molar refractivity (Wildman–Crippen MR) is 75.6 cm³/mol. The van der Waals surface area contributed by atoms with Gasteiger partial charge in [-0.15, -0.1) is 0 Å². The van der Waals surface area contributed by atoms with E-state index in [4.69, 9.17) is 4.74 Å². The number of halogens is 1. The highest BCUT2D eigenvalue weighted by Crippen LogP contribution is 2.42. The van der Waals surface area contributed by atoms with Crippen LogP contribution in [0.15, 0.2) is 24.3 Å². The van der Waals surface area contributed by atoms with E-state index in [9.17, 15) is 4.39 Å². The number of likely N-dealkylation sites (N-methyl/N-ethyl adjacent to an activating group) is 1. The highest BCUT2D eigenvalue weighted by molar-refractivity contribution is 5.23. The molecule has 3 heteroatoms. The van der Waals surface area contributed by atoms with Gasteiger partial charge >= 0.3 is 0 Å². The van der Waals surface area contributed by atoms with Gasteiger partial charge in [-0.3, -0.25) is 0 Å². The average molecular weight is 265 g/mol. The van der Waals surface area contributed by atoms with E-state index in [2.05, 4.69) is 12.2 Å². The topological polar surface area (TPSA) is 21.3 Å². The van der Waals surface area contributed by atoms with Crippen molar-refractivity contribution < 1.29 is 9.13 Å². The second kappa shape index (κ2) is 6.02. The van der Waals surface area contributed by atoms with Crippen molar-refractivity contribution >= 4 is 0 Å². The van der Waals surface area contributed by atoms with Gasteiger partial charge in [-0.2, -0.15) is 0 Å². The fraction of sp³-hybridized carbons (Fsp3) is 0.625. The Bertz CT molecular complexity index is 396. The number of benzene rings is 1. The van der Waals surface area contributed by atoms with Gasteiger partial charge in [0.25, 0.3) is 0 Å². The molecule has 2 rings (SSSR count). The molecule has 1 aromatic carbocycles. The Morgan fingerprint density at radius 3 is 2.32 bits per heavy atom. The molecular formula is C16H24FNO. The van der Waals surface area contributed by atoms with Crippen LogP contribution in [0.2, 0.25) is 0 Å². The normalized spacial score (nSPS) is 29.2. The zero-order valence-corrected chi connectivity index (χ0v) is 12.1. The van der Waals surface area contributed by atoms with Crippen LogP contribution in [0.4, 0.5) is 4.39 Å². The molecule has 2 nitrogen and oxygen atoms in total. The van der Waals surface area contributed by atoms with E-state index in [0.717, 1.165) is 24.3 Å². The van der Waals surface area contributed by atoms with E-state index in [0.29, 0.717) is 0 Å². The van der Waals surface area contributed by atoms with Crippen LogP contribution < -0.4 is 5.32 Å². The van der Waals surface area contributed by atoms with Gasteiger partial charge < -0.3 is 10.1 Å². The molecule has 1 aliphatic rings. The summed E-state index contributed by atoms with van der Waals surface area (Å²) >= 11 is 0. The van der Waals surface area contributed by atoms with Crippen LogP contribution in [0.25, 0.3) is 0 Å². The molecule has 1 unspecified atom stereocenters. The van der Waals surface area contributed by atoms with Crippen molar-refractivity contribution in [3.8, 4) is 0 Å². The van der Waals surface area contributed by atoms with Gasteiger partial charge in [0.1, 0.15) is 5.82 Å². The molecule has 0 spiro atoms. The van der Waals surface area contributed by atoms with Crippen LogP contribution in [0.3, 0.4) is 0 Å². The molecule has 0 saturated heterocycles. The Kier molecular flexibility index (Phi) is 4.58. The average Bonchev–Trinajstić information content (AvgIpc) is 2.44. The lowest BCUT2D eigenvalue weighted by Crippen LogP contribution is -2.46. The first-order chi connectivity index (χ1) is 9.11. The lowest BCUT2D eigenvalue weighted by atomic mass is 9.73. The molecule has 0 aromatic heterocycles. The Hall–Kier alpha value is -0.930. The smallest absolute Gasteiger partial charge is 0.123 e. The van der Waals surface area contributed by atoms with Crippen molar-refractivity contribution in [1.82, 2.24) is 5.32 Å². The van der Waals surface area contributed by atoms with Gasteiger partial charge in [0.2, 0.25) is 0 Å². The molecule has 1 atom stereocenters. The van der Waals surface area contributed by atoms with E-state index in [1.165, 1.54) is 25.0 Å². The summed E-state index contributed by atoms with van der Waals surface area (Å²) < 4.78 is 19.0. The SMILES string of the molecule is CNC(c1ccc(F)cc1)C1(OC)CCC(C)CC1. The number of rotatable bonds is 4. The van der Waals surface area contributed by atoms with Crippen LogP contribution in [0, 0.1) is 11.7 Å². The first-order valence-corrected chi connectivity index (χ1v) is 7.09. The lowest BCUT2D eigenvalue weighted by Gasteiger charge is -2.44. The van der Waals surface area contributed by atoms with Crippen LogP contribution >= 0.6 is 0 Å². The van der Waals surface area contributed by atoms with Crippen LogP contribution in [0.1, 0.15) is 44.2 Å². The second-order valence-corrected chi connectivity index (χ2v) is 5.72. The molecule has 1 saturated carbocycles. The zero-order chi connectivity index (χ0) is 13.9. The maximum atomic E-state index is 13.1. The van der Waals surface area contributed by atoms with Gasteiger partial charge in [0.15, 0.2) is 0 Å². The molecule has 0 heterocycles. The predicted octanol–water partition coefficient (Wildman–Crippen LogP) is 3.68. The quantitative estimate of drug-likeness (QED) is 0.896. The summed E-state index contributed by atoms with van der Waals surface area (Å²) in [4.78, 5) is 0. The molecule has 0 aliphatic heterocycles. The molecular weight excluding hydrogens is 241 g/mol. The fourth-order valence-electron chi connectivity index (χ4n) is 3.25. The van der Waals surface area contributed by atoms with Crippen molar-refractivity contribution in [1.29, 1.82) is 0 Å². The molecule has 1 fully saturated rings. The minimum absolute atomic E-state index is 0.116.